The van der Waals surface area contributed by atoms with Crippen molar-refractivity contribution in [2.45, 2.75) is 0 Å². The molecule has 2 rings (SSSR count). The van der Waals surface area contributed by atoms with Gasteiger partial charge in [0.2, 0.25) is 0 Å². The predicted octanol–water partition coefficient (Wildman–Crippen LogP) is 4.27. The molecule has 0 bridgehead atoms. The van der Waals surface area contributed by atoms with Gasteiger partial charge in [0.05, 0.1) is 12.8 Å². The molecule has 2 aromatic rings. The summed E-state index contributed by atoms with van der Waals surface area (Å²) < 4.78 is 6.13. The first-order valence-corrected chi connectivity index (χ1v) is 6.86. The molecule has 2 aromatic carbocycles. The van der Waals surface area contributed by atoms with Crippen molar-refractivity contribution in [3.63, 3.8) is 0 Å². The SMILES string of the molecule is COc1cccc(NC(=S)Nc2ccccc2Br)c1. The molecule has 0 amide bonds. The number of halogens is 1. The minimum Gasteiger partial charge on any atom is -0.497 e. The number of methoxy groups -OCH3 is 1. The third-order valence-corrected chi connectivity index (χ3v) is 3.35. The van der Waals surface area contributed by atoms with Crippen molar-refractivity contribution in [2.24, 2.45) is 0 Å². The lowest BCUT2D eigenvalue weighted by Gasteiger charge is -2.12. The van der Waals surface area contributed by atoms with Crippen LogP contribution in [0.15, 0.2) is 53.0 Å². The topological polar surface area (TPSA) is 33.3 Å². The van der Waals surface area contributed by atoms with Gasteiger partial charge in [-0.25, -0.2) is 0 Å². The summed E-state index contributed by atoms with van der Waals surface area (Å²) in [5, 5.41) is 6.77. The zero-order valence-electron chi connectivity index (χ0n) is 10.3. The Hall–Kier alpha value is -1.59. The summed E-state index contributed by atoms with van der Waals surface area (Å²) in [6.07, 6.45) is 0. The van der Waals surface area contributed by atoms with Crippen molar-refractivity contribution >= 4 is 44.6 Å². The lowest BCUT2D eigenvalue weighted by molar-refractivity contribution is 0.415. The van der Waals surface area contributed by atoms with Crippen molar-refractivity contribution in [1.82, 2.24) is 0 Å². The zero-order valence-corrected chi connectivity index (χ0v) is 12.7. The second-order valence-electron chi connectivity index (χ2n) is 3.79. The van der Waals surface area contributed by atoms with E-state index in [0.717, 1.165) is 21.6 Å². The van der Waals surface area contributed by atoms with Crippen LogP contribution in [0.3, 0.4) is 0 Å². The number of ether oxygens (including phenoxy) is 1. The minimum absolute atomic E-state index is 0.528. The molecule has 0 saturated heterocycles. The number of thiocarbonyl (C=S) groups is 1. The van der Waals surface area contributed by atoms with Crippen LogP contribution in [0, 0.1) is 0 Å². The number of benzene rings is 2. The van der Waals surface area contributed by atoms with Gasteiger partial charge in [0.15, 0.2) is 5.11 Å². The number of para-hydroxylation sites is 1. The van der Waals surface area contributed by atoms with Crippen LogP contribution < -0.4 is 15.4 Å². The standard InChI is InChI=1S/C14H13BrN2OS/c1-18-11-6-4-5-10(9-11)16-14(19)17-13-8-3-2-7-12(13)15/h2-9H,1H3,(H2,16,17,19). The van der Waals surface area contributed by atoms with Gasteiger partial charge in [-0.2, -0.15) is 0 Å². The van der Waals surface area contributed by atoms with Crippen LogP contribution in [-0.2, 0) is 0 Å². The van der Waals surface area contributed by atoms with Crippen LogP contribution in [0.5, 0.6) is 5.75 Å². The fourth-order valence-electron chi connectivity index (χ4n) is 1.55. The first-order chi connectivity index (χ1) is 9.19. The summed E-state index contributed by atoms with van der Waals surface area (Å²) in [5.41, 5.74) is 1.80. The van der Waals surface area contributed by atoms with Crippen molar-refractivity contribution in [3.05, 3.63) is 53.0 Å². The molecule has 5 heteroatoms. The van der Waals surface area contributed by atoms with E-state index in [1.165, 1.54) is 0 Å². The Morgan fingerprint density at radius 2 is 1.89 bits per heavy atom. The van der Waals surface area contributed by atoms with E-state index in [9.17, 15) is 0 Å². The van der Waals surface area contributed by atoms with Crippen LogP contribution in [0.4, 0.5) is 11.4 Å². The van der Waals surface area contributed by atoms with Gasteiger partial charge in [-0.1, -0.05) is 18.2 Å². The van der Waals surface area contributed by atoms with Crippen LogP contribution in [0.25, 0.3) is 0 Å². The van der Waals surface area contributed by atoms with E-state index in [1.807, 2.05) is 48.5 Å². The van der Waals surface area contributed by atoms with E-state index in [-0.39, 0.29) is 0 Å². The molecule has 0 spiro atoms. The Morgan fingerprint density at radius 3 is 2.63 bits per heavy atom. The van der Waals surface area contributed by atoms with Gasteiger partial charge >= 0.3 is 0 Å². The third-order valence-electron chi connectivity index (χ3n) is 2.45. The van der Waals surface area contributed by atoms with Crippen molar-refractivity contribution < 1.29 is 4.74 Å². The average molecular weight is 337 g/mol. The van der Waals surface area contributed by atoms with Gasteiger partial charge in [0.25, 0.3) is 0 Å². The smallest absolute Gasteiger partial charge is 0.175 e. The maximum atomic E-state index is 5.27. The fourth-order valence-corrected chi connectivity index (χ4v) is 2.16. The molecule has 0 heterocycles. The highest BCUT2D eigenvalue weighted by Gasteiger charge is 2.02. The fraction of sp³-hybridized carbons (Fsp3) is 0.0714. The molecule has 0 aliphatic carbocycles. The predicted molar refractivity (Wildman–Crippen MR) is 87.0 cm³/mol. The van der Waals surface area contributed by atoms with Crippen LogP contribution >= 0.6 is 28.1 Å². The molecular formula is C14H13BrN2OS. The van der Waals surface area contributed by atoms with Gasteiger partial charge in [-0.3, -0.25) is 0 Å². The first-order valence-electron chi connectivity index (χ1n) is 5.65. The van der Waals surface area contributed by atoms with Crippen LogP contribution in [0.1, 0.15) is 0 Å². The molecule has 3 nitrogen and oxygen atoms in total. The molecule has 98 valence electrons. The summed E-state index contributed by atoms with van der Waals surface area (Å²) in [5.74, 6) is 0.786. The van der Waals surface area contributed by atoms with E-state index >= 15 is 0 Å². The molecule has 0 unspecified atom stereocenters. The van der Waals surface area contributed by atoms with Gasteiger partial charge in [-0.05, 0) is 52.4 Å². The second-order valence-corrected chi connectivity index (χ2v) is 5.05. The molecule has 0 aliphatic rings. The number of anilines is 2. The number of rotatable bonds is 3. The highest BCUT2D eigenvalue weighted by Crippen LogP contribution is 2.22. The Labute approximate surface area is 126 Å². The Kier molecular flexibility index (Phi) is 4.76. The van der Waals surface area contributed by atoms with Crippen molar-refractivity contribution in [3.8, 4) is 5.75 Å². The molecule has 19 heavy (non-hydrogen) atoms. The molecule has 0 atom stereocenters. The van der Waals surface area contributed by atoms with E-state index in [2.05, 4.69) is 26.6 Å². The molecule has 0 aliphatic heterocycles. The summed E-state index contributed by atoms with van der Waals surface area (Å²) in [7, 11) is 1.64. The zero-order chi connectivity index (χ0) is 13.7. The maximum absolute atomic E-state index is 5.27. The van der Waals surface area contributed by atoms with E-state index in [4.69, 9.17) is 17.0 Å². The first kappa shape index (κ1) is 13.8. The summed E-state index contributed by atoms with van der Waals surface area (Å²) in [6.45, 7) is 0. The summed E-state index contributed by atoms with van der Waals surface area (Å²) in [4.78, 5) is 0. The molecule has 2 N–H and O–H groups in total. The summed E-state index contributed by atoms with van der Waals surface area (Å²) in [6, 6.07) is 15.4. The Balaban J connectivity index is 2.03. The average Bonchev–Trinajstić information content (AvgIpc) is 2.41. The van der Waals surface area contributed by atoms with E-state index in [1.54, 1.807) is 7.11 Å². The monoisotopic (exact) mass is 336 g/mol. The van der Waals surface area contributed by atoms with Crippen LogP contribution in [0.2, 0.25) is 0 Å². The van der Waals surface area contributed by atoms with Gasteiger partial charge in [0.1, 0.15) is 5.75 Å². The second kappa shape index (κ2) is 6.54. The Morgan fingerprint density at radius 1 is 1.11 bits per heavy atom. The molecular weight excluding hydrogens is 324 g/mol. The third kappa shape index (κ3) is 3.94. The molecule has 0 aromatic heterocycles. The normalized spacial score (nSPS) is 9.79. The largest absolute Gasteiger partial charge is 0.497 e. The highest BCUT2D eigenvalue weighted by molar-refractivity contribution is 9.10. The highest BCUT2D eigenvalue weighted by atomic mass is 79.9. The maximum Gasteiger partial charge on any atom is 0.175 e. The number of nitrogens with one attached hydrogen (secondary N) is 2. The molecule has 0 saturated carbocycles. The lowest BCUT2D eigenvalue weighted by atomic mass is 10.3. The number of hydrogen-bond donors (Lipinski definition) is 2. The minimum atomic E-state index is 0.528. The molecule has 0 radical (unpaired) electrons. The van der Waals surface area contributed by atoms with Gasteiger partial charge < -0.3 is 15.4 Å². The van der Waals surface area contributed by atoms with E-state index in [0.29, 0.717) is 5.11 Å². The van der Waals surface area contributed by atoms with Gasteiger partial charge in [-0.15, -0.1) is 0 Å². The van der Waals surface area contributed by atoms with E-state index < -0.39 is 0 Å². The number of hydrogen-bond acceptors (Lipinski definition) is 2. The summed E-state index contributed by atoms with van der Waals surface area (Å²) >= 11 is 8.74. The van der Waals surface area contributed by atoms with Crippen LogP contribution in [-0.4, -0.2) is 12.2 Å². The quantitative estimate of drug-likeness (QED) is 0.820. The molecule has 0 fully saturated rings. The van der Waals surface area contributed by atoms with Gasteiger partial charge in [0, 0.05) is 16.2 Å². The van der Waals surface area contributed by atoms with Crippen molar-refractivity contribution in [2.75, 3.05) is 17.7 Å². The Bertz CT molecular complexity index is 589. The van der Waals surface area contributed by atoms with Crippen molar-refractivity contribution in [1.29, 1.82) is 0 Å². The lowest BCUT2D eigenvalue weighted by Crippen LogP contribution is -2.19.